The van der Waals surface area contributed by atoms with E-state index in [4.69, 9.17) is 16.3 Å². The number of carbonyl (C=O) groups excluding carboxylic acids is 1. The van der Waals surface area contributed by atoms with Gasteiger partial charge in [0.15, 0.2) is 5.17 Å². The fourth-order valence-corrected chi connectivity index (χ4v) is 3.69. The van der Waals surface area contributed by atoms with E-state index in [0.717, 1.165) is 15.8 Å². The Hall–Kier alpha value is -2.02. The molecule has 0 radical (unpaired) electrons. The molecule has 4 nitrogen and oxygen atoms in total. The van der Waals surface area contributed by atoms with Crippen LogP contribution < -0.4 is 4.74 Å². The monoisotopic (exact) mass is 462 g/mol. The van der Waals surface area contributed by atoms with Gasteiger partial charge in [-0.25, -0.2) is 4.99 Å². The predicted octanol–water partition coefficient (Wildman–Crippen LogP) is 5.90. The van der Waals surface area contributed by atoms with E-state index in [1.165, 1.54) is 16.7 Å². The van der Waals surface area contributed by atoms with Crippen LogP contribution in [0.15, 0.2) is 69.5 Å². The van der Waals surface area contributed by atoms with Crippen LogP contribution in [0.3, 0.4) is 0 Å². The zero-order valence-corrected chi connectivity index (χ0v) is 17.6. The highest BCUT2D eigenvalue weighted by Gasteiger charge is 2.30. The molecule has 0 spiro atoms. The van der Waals surface area contributed by atoms with E-state index < -0.39 is 0 Å². The summed E-state index contributed by atoms with van der Waals surface area (Å²) < 4.78 is 6.27. The molecule has 0 bridgehead atoms. The summed E-state index contributed by atoms with van der Waals surface area (Å²) in [6, 6.07) is 13.0. The minimum absolute atomic E-state index is 0.0889. The minimum Gasteiger partial charge on any atom is -0.490 e. The van der Waals surface area contributed by atoms with Crippen molar-refractivity contribution in [1.29, 1.82) is 0 Å². The maximum absolute atomic E-state index is 12.5. The van der Waals surface area contributed by atoms with Crippen molar-refractivity contribution in [3.05, 3.63) is 75.1 Å². The van der Waals surface area contributed by atoms with Crippen molar-refractivity contribution in [2.45, 2.75) is 0 Å². The van der Waals surface area contributed by atoms with E-state index in [2.05, 4.69) is 27.5 Å². The lowest BCUT2D eigenvalue weighted by Gasteiger charge is -2.07. The van der Waals surface area contributed by atoms with Crippen LogP contribution in [0.4, 0.5) is 5.69 Å². The van der Waals surface area contributed by atoms with Gasteiger partial charge in [0.2, 0.25) is 0 Å². The molecule has 0 saturated carbocycles. The van der Waals surface area contributed by atoms with Gasteiger partial charge in [0.25, 0.3) is 5.91 Å². The Bertz CT molecular complexity index is 941. The second-order valence-electron chi connectivity index (χ2n) is 5.64. The number of halogens is 2. The van der Waals surface area contributed by atoms with Crippen molar-refractivity contribution in [2.24, 2.45) is 4.99 Å². The van der Waals surface area contributed by atoms with Gasteiger partial charge in [-0.05, 0) is 69.7 Å². The standard InChI is InChI=1S/C20H16BrClN2O2S/c1-3-10-26-15-7-4-13(5-8-15)11-18-19(25)24(2)20(27-18)23-14-6-9-16(21)17(22)12-14/h3-9,11-12H,1,10H2,2H3/b18-11-,23-20?. The molecule has 2 aromatic carbocycles. The number of amides is 1. The van der Waals surface area contributed by atoms with Crippen LogP contribution in [0, 0.1) is 0 Å². The molecule has 1 heterocycles. The zero-order chi connectivity index (χ0) is 19.4. The lowest BCUT2D eigenvalue weighted by molar-refractivity contribution is -0.121. The number of hydrogen-bond acceptors (Lipinski definition) is 4. The number of aliphatic imine (C=N–C) groups is 1. The maximum atomic E-state index is 12.5. The van der Waals surface area contributed by atoms with Crippen molar-refractivity contribution in [1.82, 2.24) is 4.90 Å². The Labute approximate surface area is 175 Å². The lowest BCUT2D eigenvalue weighted by atomic mass is 10.2. The van der Waals surface area contributed by atoms with Gasteiger partial charge in [-0.1, -0.05) is 36.4 Å². The summed E-state index contributed by atoms with van der Waals surface area (Å²) in [5, 5.41) is 1.18. The summed E-state index contributed by atoms with van der Waals surface area (Å²) >= 11 is 10.8. The third-order valence-electron chi connectivity index (χ3n) is 3.68. The molecule has 1 aliphatic heterocycles. The normalized spacial score (nSPS) is 17.0. The Morgan fingerprint density at radius 1 is 1.30 bits per heavy atom. The van der Waals surface area contributed by atoms with E-state index in [-0.39, 0.29) is 5.91 Å². The van der Waals surface area contributed by atoms with Crippen LogP contribution >= 0.6 is 39.3 Å². The average Bonchev–Trinajstić information content (AvgIpc) is 2.92. The molecule has 7 heteroatoms. The third-order valence-corrected chi connectivity index (χ3v) is 5.97. The van der Waals surface area contributed by atoms with Crippen LogP contribution in [-0.4, -0.2) is 29.6 Å². The molecule has 2 aromatic rings. The van der Waals surface area contributed by atoms with Gasteiger partial charge < -0.3 is 4.74 Å². The van der Waals surface area contributed by atoms with Crippen molar-refractivity contribution >= 4 is 62.1 Å². The van der Waals surface area contributed by atoms with Gasteiger partial charge in [0.1, 0.15) is 12.4 Å². The van der Waals surface area contributed by atoms with Crippen molar-refractivity contribution in [2.75, 3.05) is 13.7 Å². The summed E-state index contributed by atoms with van der Waals surface area (Å²) in [6.45, 7) is 4.08. The fourth-order valence-electron chi connectivity index (χ4n) is 2.28. The number of amidine groups is 1. The first-order valence-corrected chi connectivity index (χ1v) is 10.0. The molecule has 1 saturated heterocycles. The maximum Gasteiger partial charge on any atom is 0.266 e. The molecule has 0 aliphatic carbocycles. The Morgan fingerprint density at radius 2 is 2.04 bits per heavy atom. The van der Waals surface area contributed by atoms with E-state index in [1.807, 2.05) is 42.5 Å². The van der Waals surface area contributed by atoms with Crippen LogP contribution in [-0.2, 0) is 4.79 Å². The molecular formula is C20H16BrClN2O2S. The van der Waals surface area contributed by atoms with Crippen molar-refractivity contribution < 1.29 is 9.53 Å². The first kappa shape index (κ1) is 19.7. The number of benzene rings is 2. The molecular weight excluding hydrogens is 448 g/mol. The van der Waals surface area contributed by atoms with E-state index >= 15 is 0 Å². The summed E-state index contributed by atoms with van der Waals surface area (Å²) in [7, 11) is 1.71. The smallest absolute Gasteiger partial charge is 0.266 e. The van der Waals surface area contributed by atoms with E-state index in [1.54, 1.807) is 19.2 Å². The third kappa shape index (κ3) is 4.83. The number of nitrogens with zero attached hydrogens (tertiary/aromatic N) is 2. The molecule has 0 N–H and O–H groups in total. The quantitative estimate of drug-likeness (QED) is 0.409. The van der Waals surface area contributed by atoms with Gasteiger partial charge in [0, 0.05) is 11.5 Å². The van der Waals surface area contributed by atoms with Crippen LogP contribution in [0.25, 0.3) is 6.08 Å². The molecule has 1 aliphatic rings. The molecule has 3 rings (SSSR count). The Kier molecular flexibility index (Phi) is 6.42. The largest absolute Gasteiger partial charge is 0.490 e. The Morgan fingerprint density at radius 3 is 2.70 bits per heavy atom. The van der Waals surface area contributed by atoms with Gasteiger partial charge in [0.05, 0.1) is 15.6 Å². The molecule has 27 heavy (non-hydrogen) atoms. The highest BCUT2D eigenvalue weighted by atomic mass is 79.9. The van der Waals surface area contributed by atoms with Crippen LogP contribution in [0.5, 0.6) is 5.75 Å². The Balaban J connectivity index is 1.80. The summed E-state index contributed by atoms with van der Waals surface area (Å²) in [6.07, 6.45) is 3.54. The summed E-state index contributed by atoms with van der Waals surface area (Å²) in [4.78, 5) is 19.2. The number of likely N-dealkylation sites (N-methyl/N-ethyl adjacent to an activating group) is 1. The number of ether oxygens (including phenoxy) is 1. The zero-order valence-electron chi connectivity index (χ0n) is 14.5. The van der Waals surface area contributed by atoms with Gasteiger partial charge in [-0.15, -0.1) is 0 Å². The predicted molar refractivity (Wildman–Crippen MR) is 117 cm³/mol. The molecule has 138 valence electrons. The van der Waals surface area contributed by atoms with E-state index in [0.29, 0.717) is 27.4 Å². The highest BCUT2D eigenvalue weighted by molar-refractivity contribution is 9.10. The average molecular weight is 464 g/mol. The molecule has 0 atom stereocenters. The minimum atomic E-state index is -0.0889. The topological polar surface area (TPSA) is 41.9 Å². The first-order chi connectivity index (χ1) is 13.0. The molecule has 0 aromatic heterocycles. The molecule has 0 unspecified atom stereocenters. The van der Waals surface area contributed by atoms with Crippen molar-refractivity contribution in [3.63, 3.8) is 0 Å². The molecule has 1 fully saturated rings. The van der Waals surface area contributed by atoms with E-state index in [9.17, 15) is 4.79 Å². The summed E-state index contributed by atoms with van der Waals surface area (Å²) in [5.74, 6) is 0.669. The first-order valence-electron chi connectivity index (χ1n) is 8.03. The lowest BCUT2D eigenvalue weighted by Crippen LogP contribution is -2.23. The molecule has 1 amide bonds. The van der Waals surface area contributed by atoms with Crippen LogP contribution in [0.1, 0.15) is 5.56 Å². The van der Waals surface area contributed by atoms with Gasteiger partial charge in [-0.2, -0.15) is 0 Å². The number of carbonyl (C=O) groups is 1. The number of hydrogen-bond donors (Lipinski definition) is 0. The van der Waals surface area contributed by atoms with Gasteiger partial charge in [-0.3, -0.25) is 9.69 Å². The van der Waals surface area contributed by atoms with Gasteiger partial charge >= 0.3 is 0 Å². The highest BCUT2D eigenvalue weighted by Crippen LogP contribution is 2.34. The number of rotatable bonds is 5. The second-order valence-corrected chi connectivity index (χ2v) is 7.91. The fraction of sp³-hybridized carbons (Fsp3) is 0.100. The summed E-state index contributed by atoms with van der Waals surface area (Å²) in [5.41, 5.74) is 1.61. The second kappa shape index (κ2) is 8.78. The number of thioether (sulfide) groups is 1. The van der Waals surface area contributed by atoms with Crippen LogP contribution in [0.2, 0.25) is 5.02 Å². The SMILES string of the molecule is C=CCOc1ccc(/C=C2\SC(=Nc3ccc(Br)c(Cl)c3)N(C)C2=O)cc1. The van der Waals surface area contributed by atoms with Crippen molar-refractivity contribution in [3.8, 4) is 5.75 Å².